The van der Waals surface area contributed by atoms with Crippen molar-refractivity contribution in [1.82, 2.24) is 5.32 Å². The highest BCUT2D eigenvalue weighted by Crippen LogP contribution is 2.36. The van der Waals surface area contributed by atoms with Crippen molar-refractivity contribution < 1.29 is 0 Å². The van der Waals surface area contributed by atoms with Gasteiger partial charge in [-0.2, -0.15) is 11.8 Å². The molecule has 1 saturated carbocycles. The van der Waals surface area contributed by atoms with Gasteiger partial charge in [0, 0.05) is 22.1 Å². The van der Waals surface area contributed by atoms with Gasteiger partial charge in [0.2, 0.25) is 0 Å². The Kier molecular flexibility index (Phi) is 6.06. The molecule has 1 aromatic rings. The van der Waals surface area contributed by atoms with Crippen LogP contribution in [0.4, 0.5) is 0 Å². The maximum atomic E-state index is 6.24. The van der Waals surface area contributed by atoms with Crippen LogP contribution in [-0.4, -0.2) is 18.3 Å². The van der Waals surface area contributed by atoms with Crippen LogP contribution in [0.15, 0.2) is 24.3 Å². The highest BCUT2D eigenvalue weighted by molar-refractivity contribution is 7.99. The average molecular weight is 298 g/mol. The molecule has 0 saturated heterocycles. The number of halogens is 1. The fourth-order valence-electron chi connectivity index (χ4n) is 2.91. The van der Waals surface area contributed by atoms with Gasteiger partial charge in [0.05, 0.1) is 0 Å². The number of hydrogen-bond donors (Lipinski definition) is 1. The van der Waals surface area contributed by atoms with E-state index in [1.165, 1.54) is 31.2 Å². The van der Waals surface area contributed by atoms with E-state index in [0.717, 1.165) is 21.9 Å². The lowest BCUT2D eigenvalue weighted by molar-refractivity contribution is 0.304. The van der Waals surface area contributed by atoms with Crippen LogP contribution in [0.25, 0.3) is 0 Å². The molecule has 106 valence electrons. The fourth-order valence-corrected chi connectivity index (χ4v) is 4.75. The second-order valence-corrected chi connectivity index (χ2v) is 7.06. The summed E-state index contributed by atoms with van der Waals surface area (Å²) >= 11 is 8.31. The maximum absolute atomic E-state index is 6.24. The van der Waals surface area contributed by atoms with E-state index in [0.29, 0.717) is 6.04 Å². The van der Waals surface area contributed by atoms with Crippen molar-refractivity contribution in [2.24, 2.45) is 5.92 Å². The van der Waals surface area contributed by atoms with Crippen LogP contribution in [-0.2, 0) is 5.75 Å². The zero-order valence-electron chi connectivity index (χ0n) is 11.9. The Balaban J connectivity index is 1.94. The van der Waals surface area contributed by atoms with Crippen molar-refractivity contribution in [3.05, 3.63) is 34.9 Å². The molecule has 1 aromatic carbocycles. The van der Waals surface area contributed by atoms with Gasteiger partial charge in [0.1, 0.15) is 0 Å². The first kappa shape index (κ1) is 15.2. The first-order valence-electron chi connectivity index (χ1n) is 7.26. The third-order valence-electron chi connectivity index (χ3n) is 4.26. The summed E-state index contributed by atoms with van der Waals surface area (Å²) in [5.74, 6) is 1.94. The molecule has 19 heavy (non-hydrogen) atoms. The van der Waals surface area contributed by atoms with Gasteiger partial charge in [-0.3, -0.25) is 0 Å². The third kappa shape index (κ3) is 4.14. The normalized spacial score (nSPS) is 27.4. The van der Waals surface area contributed by atoms with Crippen molar-refractivity contribution in [1.29, 1.82) is 0 Å². The van der Waals surface area contributed by atoms with E-state index >= 15 is 0 Å². The molecule has 0 spiro atoms. The maximum Gasteiger partial charge on any atom is 0.0446 e. The lowest BCUT2D eigenvalue weighted by Gasteiger charge is -2.35. The Morgan fingerprint density at radius 3 is 2.79 bits per heavy atom. The first-order chi connectivity index (χ1) is 9.24. The molecule has 0 radical (unpaired) electrons. The molecular formula is C16H24ClNS. The molecule has 1 aliphatic carbocycles. The monoisotopic (exact) mass is 297 g/mol. The molecule has 0 aromatic heterocycles. The predicted octanol–water partition coefficient (Wildman–Crippen LogP) is 4.74. The fraction of sp³-hybridized carbons (Fsp3) is 0.625. The largest absolute Gasteiger partial charge is 0.316 e. The average Bonchev–Trinajstić information content (AvgIpc) is 2.46. The zero-order chi connectivity index (χ0) is 13.7. The molecule has 1 nitrogen and oxygen atoms in total. The smallest absolute Gasteiger partial charge is 0.0446 e. The molecule has 3 heteroatoms. The van der Waals surface area contributed by atoms with Gasteiger partial charge in [0.25, 0.3) is 0 Å². The minimum Gasteiger partial charge on any atom is -0.316 e. The summed E-state index contributed by atoms with van der Waals surface area (Å²) in [4.78, 5) is 0. The predicted molar refractivity (Wildman–Crippen MR) is 87.0 cm³/mol. The van der Waals surface area contributed by atoms with E-state index in [-0.39, 0.29) is 0 Å². The molecule has 3 atom stereocenters. The Labute approximate surface area is 126 Å². The lowest BCUT2D eigenvalue weighted by atomic mass is 9.84. The Morgan fingerprint density at radius 2 is 2.11 bits per heavy atom. The molecule has 3 unspecified atom stereocenters. The molecule has 0 aliphatic heterocycles. The zero-order valence-corrected chi connectivity index (χ0v) is 13.4. The number of nitrogens with one attached hydrogen (secondary N) is 1. The van der Waals surface area contributed by atoms with Gasteiger partial charge < -0.3 is 5.32 Å². The Hall–Kier alpha value is -0.180. The second kappa shape index (κ2) is 7.56. The van der Waals surface area contributed by atoms with Crippen LogP contribution in [0, 0.1) is 5.92 Å². The van der Waals surface area contributed by atoms with E-state index in [9.17, 15) is 0 Å². The lowest BCUT2D eigenvalue weighted by Crippen LogP contribution is -2.40. The minimum absolute atomic E-state index is 0.662. The van der Waals surface area contributed by atoms with Crippen molar-refractivity contribution >= 4 is 23.4 Å². The minimum atomic E-state index is 0.662. The molecular weight excluding hydrogens is 274 g/mol. The summed E-state index contributed by atoms with van der Waals surface area (Å²) in [6, 6.07) is 8.87. The quantitative estimate of drug-likeness (QED) is 0.842. The molecule has 0 amide bonds. The van der Waals surface area contributed by atoms with Crippen LogP contribution in [0.2, 0.25) is 5.02 Å². The summed E-state index contributed by atoms with van der Waals surface area (Å²) in [5.41, 5.74) is 1.27. The van der Waals surface area contributed by atoms with Crippen molar-refractivity contribution in [2.75, 3.05) is 7.05 Å². The van der Waals surface area contributed by atoms with Crippen LogP contribution < -0.4 is 5.32 Å². The van der Waals surface area contributed by atoms with E-state index < -0.39 is 0 Å². The number of benzene rings is 1. The Bertz CT molecular complexity index is 396. The van der Waals surface area contributed by atoms with Gasteiger partial charge in [-0.25, -0.2) is 0 Å². The summed E-state index contributed by atoms with van der Waals surface area (Å²) in [5, 5.41) is 5.12. The second-order valence-electron chi connectivity index (χ2n) is 5.42. The highest BCUT2D eigenvalue weighted by atomic mass is 35.5. The summed E-state index contributed by atoms with van der Waals surface area (Å²) in [7, 11) is 2.10. The van der Waals surface area contributed by atoms with Crippen LogP contribution >= 0.6 is 23.4 Å². The highest BCUT2D eigenvalue weighted by Gasteiger charge is 2.29. The Morgan fingerprint density at radius 1 is 1.32 bits per heavy atom. The van der Waals surface area contributed by atoms with Gasteiger partial charge in [-0.05, 0) is 43.9 Å². The molecule has 2 rings (SSSR count). The molecule has 1 N–H and O–H groups in total. The standard InChI is InChI=1S/C16H24ClNS/c1-3-12-8-9-15(18-2)16(10-12)19-11-13-6-4-5-7-14(13)17/h4-7,12,15-16,18H,3,8-11H2,1-2H3. The molecule has 1 fully saturated rings. The summed E-state index contributed by atoms with van der Waals surface area (Å²) < 4.78 is 0. The van der Waals surface area contributed by atoms with Gasteiger partial charge in [0.15, 0.2) is 0 Å². The molecule has 0 heterocycles. The first-order valence-corrected chi connectivity index (χ1v) is 8.69. The van der Waals surface area contributed by atoms with Gasteiger partial charge in [-0.1, -0.05) is 43.1 Å². The van der Waals surface area contributed by atoms with Crippen LogP contribution in [0.3, 0.4) is 0 Å². The molecule has 0 bridgehead atoms. The third-order valence-corrected chi connectivity index (χ3v) is 6.05. The van der Waals surface area contributed by atoms with Gasteiger partial charge in [-0.15, -0.1) is 0 Å². The van der Waals surface area contributed by atoms with E-state index in [1.807, 2.05) is 12.1 Å². The van der Waals surface area contributed by atoms with Crippen LogP contribution in [0.1, 0.15) is 38.2 Å². The SMILES string of the molecule is CCC1CCC(NC)C(SCc2ccccc2Cl)C1. The summed E-state index contributed by atoms with van der Waals surface area (Å²) in [6.07, 6.45) is 5.36. The topological polar surface area (TPSA) is 12.0 Å². The van der Waals surface area contributed by atoms with Crippen molar-refractivity contribution in [2.45, 2.75) is 49.7 Å². The number of thioether (sulfide) groups is 1. The van der Waals surface area contributed by atoms with E-state index in [2.05, 4.69) is 43.2 Å². The number of hydrogen-bond acceptors (Lipinski definition) is 2. The summed E-state index contributed by atoms with van der Waals surface area (Å²) in [6.45, 7) is 2.32. The van der Waals surface area contributed by atoms with Gasteiger partial charge >= 0.3 is 0 Å². The number of rotatable bonds is 5. The van der Waals surface area contributed by atoms with Crippen molar-refractivity contribution in [3.63, 3.8) is 0 Å². The van der Waals surface area contributed by atoms with E-state index in [1.54, 1.807) is 0 Å². The van der Waals surface area contributed by atoms with Crippen LogP contribution in [0.5, 0.6) is 0 Å². The van der Waals surface area contributed by atoms with E-state index in [4.69, 9.17) is 11.6 Å². The van der Waals surface area contributed by atoms with Crippen molar-refractivity contribution in [3.8, 4) is 0 Å². The molecule has 1 aliphatic rings.